The van der Waals surface area contributed by atoms with Gasteiger partial charge in [0.1, 0.15) is 11.7 Å². The molecule has 2 saturated heterocycles. The zero-order valence-corrected chi connectivity index (χ0v) is 16.2. The first-order valence-electron chi connectivity index (χ1n) is 9.62. The molecule has 7 heteroatoms. The monoisotopic (exact) mass is 401 g/mol. The Balaban J connectivity index is 1.55. The summed E-state index contributed by atoms with van der Waals surface area (Å²) in [4.78, 5) is 38.2. The molecule has 150 valence electrons. The SMILES string of the molecule is COc1ccc(N2C(=O)[C@H]3[C@H](ON(c4ccccc4)[C@@H]3c3cccnc3)C2=O)cc1. The molecule has 0 unspecified atom stereocenters. The van der Waals surface area contributed by atoms with E-state index >= 15 is 0 Å². The maximum atomic E-state index is 13.5. The zero-order chi connectivity index (χ0) is 20.7. The van der Waals surface area contributed by atoms with Crippen LogP contribution >= 0.6 is 0 Å². The van der Waals surface area contributed by atoms with Gasteiger partial charge in [-0.25, -0.2) is 9.96 Å². The molecule has 2 aliphatic heterocycles. The predicted molar refractivity (Wildman–Crippen MR) is 110 cm³/mol. The number of fused-ring (bicyclic) bond motifs is 1. The van der Waals surface area contributed by atoms with Crippen LogP contribution in [0.4, 0.5) is 11.4 Å². The number of ether oxygens (including phenoxy) is 1. The van der Waals surface area contributed by atoms with Crippen LogP contribution in [0.15, 0.2) is 79.1 Å². The fourth-order valence-electron chi connectivity index (χ4n) is 4.09. The lowest BCUT2D eigenvalue weighted by molar-refractivity contribution is -0.126. The minimum absolute atomic E-state index is 0.289. The number of amides is 2. The molecule has 7 nitrogen and oxygen atoms in total. The lowest BCUT2D eigenvalue weighted by atomic mass is 9.91. The number of pyridine rings is 1. The number of carbonyl (C=O) groups is 2. The Kier molecular flexibility index (Phi) is 4.44. The molecule has 0 radical (unpaired) electrons. The van der Waals surface area contributed by atoms with Crippen LogP contribution in [-0.4, -0.2) is 30.0 Å². The molecular weight excluding hydrogens is 382 g/mol. The first-order chi connectivity index (χ1) is 14.7. The molecule has 2 amide bonds. The van der Waals surface area contributed by atoms with Crippen molar-refractivity contribution in [1.29, 1.82) is 0 Å². The second-order valence-electron chi connectivity index (χ2n) is 7.15. The van der Waals surface area contributed by atoms with Crippen molar-refractivity contribution in [2.75, 3.05) is 17.1 Å². The average molecular weight is 401 g/mol. The Morgan fingerprint density at radius 3 is 2.33 bits per heavy atom. The zero-order valence-electron chi connectivity index (χ0n) is 16.2. The van der Waals surface area contributed by atoms with Gasteiger partial charge < -0.3 is 4.74 Å². The quantitative estimate of drug-likeness (QED) is 0.626. The highest BCUT2D eigenvalue weighted by Crippen LogP contribution is 2.47. The van der Waals surface area contributed by atoms with Gasteiger partial charge in [-0.05, 0) is 48.0 Å². The first-order valence-corrected chi connectivity index (χ1v) is 9.62. The minimum atomic E-state index is -0.898. The van der Waals surface area contributed by atoms with Crippen molar-refractivity contribution in [2.45, 2.75) is 12.1 Å². The second kappa shape index (κ2) is 7.27. The number of para-hydroxylation sites is 1. The van der Waals surface area contributed by atoms with Crippen molar-refractivity contribution in [3.63, 3.8) is 0 Å². The van der Waals surface area contributed by atoms with Gasteiger partial charge in [-0.1, -0.05) is 24.3 Å². The van der Waals surface area contributed by atoms with Crippen LogP contribution < -0.4 is 14.7 Å². The number of nitrogens with zero attached hydrogens (tertiary/aromatic N) is 3. The highest BCUT2D eigenvalue weighted by molar-refractivity contribution is 6.23. The third-order valence-corrected chi connectivity index (χ3v) is 5.48. The third kappa shape index (κ3) is 2.83. The molecule has 0 saturated carbocycles. The molecule has 2 aliphatic rings. The number of carbonyl (C=O) groups excluding carboxylic acids is 2. The van der Waals surface area contributed by atoms with Crippen molar-refractivity contribution in [3.05, 3.63) is 84.7 Å². The smallest absolute Gasteiger partial charge is 0.266 e. The van der Waals surface area contributed by atoms with E-state index in [0.717, 1.165) is 11.3 Å². The highest BCUT2D eigenvalue weighted by atomic mass is 16.7. The fraction of sp³-hybridized carbons (Fsp3) is 0.174. The van der Waals surface area contributed by atoms with E-state index in [2.05, 4.69) is 4.98 Å². The number of benzene rings is 2. The predicted octanol–water partition coefficient (Wildman–Crippen LogP) is 3.14. The highest BCUT2D eigenvalue weighted by Gasteiger charge is 2.60. The van der Waals surface area contributed by atoms with Crippen molar-refractivity contribution in [3.8, 4) is 5.75 Å². The molecule has 3 aromatic rings. The summed E-state index contributed by atoms with van der Waals surface area (Å²) in [7, 11) is 1.57. The number of hydroxylamine groups is 1. The molecule has 2 fully saturated rings. The molecule has 30 heavy (non-hydrogen) atoms. The summed E-state index contributed by atoms with van der Waals surface area (Å²) in [5.74, 6) is -0.688. The molecule has 0 aliphatic carbocycles. The number of anilines is 2. The lowest BCUT2D eigenvalue weighted by Crippen LogP contribution is -2.37. The van der Waals surface area contributed by atoms with Crippen molar-refractivity contribution in [1.82, 2.24) is 4.98 Å². The van der Waals surface area contributed by atoms with E-state index in [1.807, 2.05) is 42.5 Å². The van der Waals surface area contributed by atoms with Crippen LogP contribution in [0.2, 0.25) is 0 Å². The standard InChI is InChI=1S/C23H19N3O4/c1-29-18-11-9-16(10-12-18)25-22(27)19-20(15-6-5-13-24-14-15)26(30-21(19)23(25)28)17-7-3-2-4-8-17/h2-14,19-21H,1H3/t19-,20-,21+/m1/s1. The number of methoxy groups -OCH3 is 1. The topological polar surface area (TPSA) is 72.0 Å². The molecule has 0 bridgehead atoms. The van der Waals surface area contributed by atoms with Crippen molar-refractivity contribution in [2.24, 2.45) is 5.92 Å². The van der Waals surface area contributed by atoms with E-state index < -0.39 is 18.1 Å². The summed E-state index contributed by atoms with van der Waals surface area (Å²) in [6.45, 7) is 0. The van der Waals surface area contributed by atoms with Crippen molar-refractivity contribution < 1.29 is 19.2 Å². The summed E-state index contributed by atoms with van der Waals surface area (Å²) in [6, 6.07) is 19.5. The number of aromatic nitrogens is 1. The van der Waals surface area contributed by atoms with E-state index in [1.165, 1.54) is 4.90 Å². The van der Waals surface area contributed by atoms with Gasteiger partial charge in [0.2, 0.25) is 5.91 Å². The minimum Gasteiger partial charge on any atom is -0.497 e. The lowest BCUT2D eigenvalue weighted by Gasteiger charge is -2.28. The van der Waals surface area contributed by atoms with Gasteiger partial charge in [0.25, 0.3) is 5.91 Å². The van der Waals surface area contributed by atoms with Crippen LogP contribution in [0.3, 0.4) is 0 Å². The molecule has 0 spiro atoms. The molecule has 3 atom stereocenters. The van der Waals surface area contributed by atoms with Crippen molar-refractivity contribution >= 4 is 23.2 Å². The Morgan fingerprint density at radius 1 is 0.900 bits per heavy atom. The van der Waals surface area contributed by atoms with Crippen LogP contribution in [0.25, 0.3) is 0 Å². The van der Waals surface area contributed by atoms with Gasteiger partial charge in [0, 0.05) is 12.4 Å². The summed E-state index contributed by atoms with van der Waals surface area (Å²) >= 11 is 0. The largest absolute Gasteiger partial charge is 0.497 e. The fourth-order valence-corrected chi connectivity index (χ4v) is 4.09. The van der Waals surface area contributed by atoms with Crippen LogP contribution in [-0.2, 0) is 14.4 Å². The van der Waals surface area contributed by atoms with E-state index in [0.29, 0.717) is 11.4 Å². The maximum absolute atomic E-state index is 13.5. The average Bonchev–Trinajstić information content (AvgIpc) is 3.31. The van der Waals surface area contributed by atoms with Gasteiger partial charge in [-0.2, -0.15) is 0 Å². The summed E-state index contributed by atoms with van der Waals surface area (Å²) in [5.41, 5.74) is 2.09. The van der Waals surface area contributed by atoms with E-state index in [4.69, 9.17) is 9.57 Å². The summed E-state index contributed by atoms with van der Waals surface area (Å²) in [5, 5.41) is 1.66. The number of hydrogen-bond acceptors (Lipinski definition) is 6. The Hall–Kier alpha value is -3.71. The molecule has 5 rings (SSSR count). The van der Waals surface area contributed by atoms with E-state index in [1.54, 1.807) is 48.8 Å². The van der Waals surface area contributed by atoms with Gasteiger partial charge in [0.15, 0.2) is 6.10 Å². The van der Waals surface area contributed by atoms with Gasteiger partial charge in [-0.3, -0.25) is 19.4 Å². The Bertz CT molecular complexity index is 1070. The molecule has 0 N–H and O–H groups in total. The molecule has 3 heterocycles. The van der Waals surface area contributed by atoms with Gasteiger partial charge in [0.05, 0.1) is 24.5 Å². The van der Waals surface area contributed by atoms with Crippen LogP contribution in [0.1, 0.15) is 11.6 Å². The maximum Gasteiger partial charge on any atom is 0.266 e. The number of rotatable bonds is 4. The first kappa shape index (κ1) is 18.3. The molecule has 1 aromatic heterocycles. The van der Waals surface area contributed by atoms with E-state index in [-0.39, 0.29) is 11.8 Å². The third-order valence-electron chi connectivity index (χ3n) is 5.48. The number of imide groups is 1. The van der Waals surface area contributed by atoms with Crippen LogP contribution in [0, 0.1) is 5.92 Å². The molecule has 2 aromatic carbocycles. The van der Waals surface area contributed by atoms with Gasteiger partial charge >= 0.3 is 0 Å². The van der Waals surface area contributed by atoms with E-state index in [9.17, 15) is 9.59 Å². The van der Waals surface area contributed by atoms with Crippen LogP contribution in [0.5, 0.6) is 5.75 Å². The molecular formula is C23H19N3O4. The second-order valence-corrected chi connectivity index (χ2v) is 7.15. The summed E-state index contributed by atoms with van der Waals surface area (Å²) < 4.78 is 5.17. The summed E-state index contributed by atoms with van der Waals surface area (Å²) in [6.07, 6.45) is 2.49. The Labute approximate surface area is 173 Å². The van der Waals surface area contributed by atoms with Gasteiger partial charge in [-0.15, -0.1) is 0 Å². The number of hydrogen-bond donors (Lipinski definition) is 0. The Morgan fingerprint density at radius 2 is 1.67 bits per heavy atom. The normalized spacial score (nSPS) is 23.0.